The molecule has 2 aliphatic heterocycles. The molecule has 0 spiro atoms. The Kier molecular flexibility index (Phi) is 10.1. The molecule has 1 aliphatic carbocycles. The van der Waals surface area contributed by atoms with Crippen molar-refractivity contribution in [3.63, 3.8) is 0 Å². The molecule has 3 N–H and O–H groups in total. The molecular formula is C33H38ClFN8O3. The number of halogens is 2. The Balaban J connectivity index is 1.29. The maximum Gasteiger partial charge on any atom is 0.254 e. The van der Waals surface area contributed by atoms with Crippen LogP contribution in [0.3, 0.4) is 0 Å². The van der Waals surface area contributed by atoms with Crippen LogP contribution in [0.2, 0.25) is 0 Å². The summed E-state index contributed by atoms with van der Waals surface area (Å²) in [6.07, 6.45) is 8.47. The molecule has 2 unspecified atom stereocenters. The minimum Gasteiger partial charge on any atom is -0.479 e. The number of rotatable bonds is 9. The van der Waals surface area contributed by atoms with E-state index in [2.05, 4.69) is 10.3 Å². The molecule has 5 rings (SSSR count). The van der Waals surface area contributed by atoms with E-state index in [1.807, 2.05) is 71.9 Å². The highest BCUT2D eigenvalue weighted by Crippen LogP contribution is 2.35. The van der Waals surface area contributed by atoms with Gasteiger partial charge >= 0.3 is 0 Å². The van der Waals surface area contributed by atoms with Gasteiger partial charge in [0.05, 0.1) is 16.9 Å². The van der Waals surface area contributed by atoms with E-state index in [4.69, 9.17) is 27.3 Å². The number of alkyl halides is 1. The monoisotopic (exact) mass is 648 g/mol. The van der Waals surface area contributed by atoms with E-state index >= 15 is 0 Å². The second kappa shape index (κ2) is 14.2. The summed E-state index contributed by atoms with van der Waals surface area (Å²) in [5.74, 6) is 0.783. The number of nitrogens with one attached hydrogen (secondary N) is 1. The Hall–Kier alpha value is -4.60. The number of carbonyl (C=O) groups excluding carboxylic acids is 2. The summed E-state index contributed by atoms with van der Waals surface area (Å²) in [6, 6.07) is 7.49. The molecular weight excluding hydrogens is 611 g/mol. The number of benzene rings is 1. The predicted molar refractivity (Wildman–Crippen MR) is 175 cm³/mol. The molecule has 1 fully saturated rings. The number of anilines is 1. The first-order valence-electron chi connectivity index (χ1n) is 15.2. The molecule has 3 aliphatic rings. The van der Waals surface area contributed by atoms with Crippen LogP contribution in [0.4, 0.5) is 10.1 Å². The zero-order chi connectivity index (χ0) is 33.0. The van der Waals surface area contributed by atoms with E-state index in [0.29, 0.717) is 61.8 Å². The average molecular weight is 649 g/mol. The van der Waals surface area contributed by atoms with Gasteiger partial charge in [-0.05, 0) is 61.9 Å². The summed E-state index contributed by atoms with van der Waals surface area (Å²) >= 11 is 6.47. The number of aromatic nitrogens is 2. The number of nitriles is 1. The van der Waals surface area contributed by atoms with Crippen molar-refractivity contribution >= 4 is 40.9 Å². The number of hydrogen-bond donors (Lipinski definition) is 2. The maximum absolute atomic E-state index is 15.0. The molecule has 46 heavy (non-hydrogen) atoms. The normalized spacial score (nSPS) is 20.1. The van der Waals surface area contributed by atoms with Crippen LogP contribution in [0.1, 0.15) is 47.0 Å². The lowest BCUT2D eigenvalue weighted by molar-refractivity contribution is -0.136. The van der Waals surface area contributed by atoms with Crippen molar-refractivity contribution in [3.8, 4) is 6.07 Å². The van der Waals surface area contributed by atoms with Gasteiger partial charge in [-0.1, -0.05) is 18.5 Å². The predicted octanol–water partition coefficient (Wildman–Crippen LogP) is 4.23. The van der Waals surface area contributed by atoms with Crippen LogP contribution >= 0.6 is 11.6 Å². The van der Waals surface area contributed by atoms with Crippen molar-refractivity contribution in [2.45, 2.75) is 32.6 Å². The Morgan fingerprint density at radius 2 is 1.96 bits per heavy atom. The van der Waals surface area contributed by atoms with Gasteiger partial charge in [-0.3, -0.25) is 14.2 Å². The highest BCUT2D eigenvalue weighted by atomic mass is 35.5. The third-order valence-electron chi connectivity index (χ3n) is 8.39. The Morgan fingerprint density at radius 3 is 2.65 bits per heavy atom. The smallest absolute Gasteiger partial charge is 0.254 e. The van der Waals surface area contributed by atoms with Crippen LogP contribution in [0.25, 0.3) is 11.8 Å². The number of fused-ring (bicyclic) bond motifs is 1. The van der Waals surface area contributed by atoms with Gasteiger partial charge in [-0.2, -0.15) is 5.26 Å². The second-order valence-corrected chi connectivity index (χ2v) is 11.9. The second-order valence-electron chi connectivity index (χ2n) is 11.5. The molecule has 0 bridgehead atoms. The lowest BCUT2D eigenvalue weighted by Crippen LogP contribution is -2.52. The molecule has 242 valence electrons. The molecule has 0 saturated carbocycles. The zero-order valence-corrected chi connectivity index (χ0v) is 26.9. The molecule has 0 radical (unpaired) electrons. The Bertz CT molecular complexity index is 1650. The van der Waals surface area contributed by atoms with Crippen molar-refractivity contribution < 1.29 is 18.7 Å². The Labute approximate surface area is 273 Å². The maximum atomic E-state index is 15.0. The quantitative estimate of drug-likeness (QED) is 0.413. The number of imidazole rings is 1. The number of hydrogen-bond acceptors (Lipinski definition) is 8. The first kappa shape index (κ1) is 32.8. The largest absolute Gasteiger partial charge is 0.479 e. The highest BCUT2D eigenvalue weighted by molar-refractivity contribution is 6.34. The van der Waals surface area contributed by atoms with E-state index in [0.717, 1.165) is 11.3 Å². The van der Waals surface area contributed by atoms with Crippen molar-refractivity contribution in [2.75, 3.05) is 51.7 Å². The van der Waals surface area contributed by atoms with E-state index in [-0.39, 0.29) is 41.3 Å². The van der Waals surface area contributed by atoms with Gasteiger partial charge in [0.25, 0.3) is 5.91 Å². The fourth-order valence-corrected chi connectivity index (χ4v) is 5.99. The SMILES string of the molecule is Cc1cc(NC2c3ncc(C4=C(Cl)C(F)C=C(OCC#N)C=C4)n3C=CN2C)ccc1C(=O)N1CCN(C(=O)[C@@H](C)CCN)CC1. The standard InChI is InChI=1S/C33H38ClFN8O3/c1-21(8-9-36)32(44)41-12-14-42(15-13-41)33(45)25-6-4-23(18-22(25)2)39-31-30-38-20-28(43(30)16-11-40(31)3)26-7-5-24(46-17-10-37)19-27(35)29(26)34/h4-7,11,16,18-21,27,31,39H,8-9,12-15,17,36H2,1-3H3/t21-,27?,31?/m0/s1. The topological polar surface area (TPSA) is 133 Å². The number of carbonyl (C=O) groups is 2. The summed E-state index contributed by atoms with van der Waals surface area (Å²) in [5.41, 5.74) is 8.88. The number of ether oxygens (including phenoxy) is 1. The van der Waals surface area contributed by atoms with Crippen LogP contribution < -0.4 is 11.1 Å². The number of allylic oxidation sites excluding steroid dienone is 5. The van der Waals surface area contributed by atoms with Crippen molar-refractivity contribution in [1.82, 2.24) is 24.3 Å². The lowest BCUT2D eigenvalue weighted by atomic mass is 10.0. The minimum atomic E-state index is -1.61. The molecule has 1 aromatic heterocycles. The van der Waals surface area contributed by atoms with Crippen molar-refractivity contribution in [3.05, 3.63) is 82.3 Å². The molecule has 1 saturated heterocycles. The molecule has 11 nitrogen and oxygen atoms in total. The van der Waals surface area contributed by atoms with Gasteiger partial charge in [-0.15, -0.1) is 0 Å². The molecule has 3 heterocycles. The lowest BCUT2D eigenvalue weighted by Gasteiger charge is -2.36. The third kappa shape index (κ3) is 6.80. The first-order chi connectivity index (χ1) is 22.1. The van der Waals surface area contributed by atoms with Crippen molar-refractivity contribution in [2.24, 2.45) is 11.7 Å². The average Bonchev–Trinajstić information content (AvgIpc) is 3.42. The van der Waals surface area contributed by atoms with Gasteiger partial charge in [-0.25, -0.2) is 9.37 Å². The molecule has 2 aromatic rings. The van der Waals surface area contributed by atoms with Crippen LogP contribution in [0, 0.1) is 24.2 Å². The van der Waals surface area contributed by atoms with E-state index < -0.39 is 6.17 Å². The van der Waals surface area contributed by atoms with Crippen LogP contribution in [0.15, 0.2) is 59.6 Å². The summed E-state index contributed by atoms with van der Waals surface area (Å²) in [6.45, 7) is 6.03. The van der Waals surface area contributed by atoms with Crippen molar-refractivity contribution in [1.29, 1.82) is 5.26 Å². The molecule has 2 amide bonds. The number of amides is 2. The summed E-state index contributed by atoms with van der Waals surface area (Å²) in [4.78, 5) is 36.3. The first-order valence-corrected chi connectivity index (χ1v) is 15.6. The molecule has 13 heteroatoms. The minimum absolute atomic E-state index is 0.0172. The van der Waals surface area contributed by atoms with Gasteiger partial charge in [0, 0.05) is 68.4 Å². The third-order valence-corrected chi connectivity index (χ3v) is 8.80. The highest BCUT2D eigenvalue weighted by Gasteiger charge is 2.30. The van der Waals surface area contributed by atoms with E-state index in [9.17, 15) is 14.0 Å². The summed E-state index contributed by atoms with van der Waals surface area (Å²) in [7, 11) is 1.91. The molecule has 1 aromatic carbocycles. The fourth-order valence-electron chi connectivity index (χ4n) is 5.76. The molecule has 3 atom stereocenters. The number of aryl methyl sites for hydroxylation is 1. The van der Waals surface area contributed by atoms with Gasteiger partial charge in [0.15, 0.2) is 24.8 Å². The van der Waals surface area contributed by atoms with Crippen LogP contribution in [0.5, 0.6) is 0 Å². The van der Waals surface area contributed by atoms with E-state index in [1.165, 1.54) is 6.08 Å². The van der Waals surface area contributed by atoms with Crippen LogP contribution in [-0.4, -0.2) is 88.6 Å². The van der Waals surface area contributed by atoms with Gasteiger partial charge < -0.3 is 30.5 Å². The number of nitrogens with zero attached hydrogens (tertiary/aromatic N) is 6. The number of nitrogens with two attached hydrogens (primary N) is 1. The van der Waals surface area contributed by atoms with E-state index in [1.54, 1.807) is 23.2 Å². The van der Waals surface area contributed by atoms with Gasteiger partial charge in [0.2, 0.25) is 5.91 Å². The summed E-state index contributed by atoms with van der Waals surface area (Å²) in [5, 5.41) is 12.3. The Morgan fingerprint density at radius 1 is 1.22 bits per heavy atom. The number of piperazine rings is 1. The fraction of sp³-hybridized carbons (Fsp3) is 0.394. The van der Waals surface area contributed by atoms with Crippen LogP contribution in [-0.2, 0) is 9.53 Å². The van der Waals surface area contributed by atoms with Gasteiger partial charge in [0.1, 0.15) is 11.8 Å². The zero-order valence-electron chi connectivity index (χ0n) is 26.1. The summed E-state index contributed by atoms with van der Waals surface area (Å²) < 4.78 is 22.1.